The highest BCUT2D eigenvalue weighted by atomic mass is 16.5. The molecule has 0 saturated carbocycles. The molecule has 201 valence electrons. The predicted octanol–water partition coefficient (Wildman–Crippen LogP) is 8.05. The fraction of sp³-hybridized carbons (Fsp3) is 0.351. The van der Waals surface area contributed by atoms with E-state index >= 15 is 0 Å². The molecule has 0 aromatic heterocycles. The van der Waals surface area contributed by atoms with E-state index in [1.54, 1.807) is 14.2 Å². The molecule has 3 aromatic carbocycles. The topological polar surface area (TPSA) is 18.5 Å². The van der Waals surface area contributed by atoms with Crippen molar-refractivity contribution in [1.29, 1.82) is 0 Å². The monoisotopic (exact) mass is 517 g/mol. The summed E-state index contributed by atoms with van der Waals surface area (Å²) in [6, 6.07) is 15.5. The van der Waals surface area contributed by atoms with Gasteiger partial charge in [-0.1, -0.05) is 71.4 Å². The largest absolute Gasteiger partial charge is 0.497 e. The van der Waals surface area contributed by atoms with Gasteiger partial charge in [0.25, 0.3) is 0 Å². The summed E-state index contributed by atoms with van der Waals surface area (Å²) < 4.78 is 11.3. The molecule has 3 aromatic rings. The zero-order valence-electron chi connectivity index (χ0n) is 25.2. The zero-order chi connectivity index (χ0) is 28.3. The summed E-state index contributed by atoms with van der Waals surface area (Å²) >= 11 is 0. The number of hydrogen-bond donors (Lipinski definition) is 0. The average molecular weight is 518 g/mol. The molecule has 0 amide bonds. The smallest absolute Gasteiger partial charge is 0.123 e. The lowest BCUT2D eigenvalue weighted by atomic mass is 9.76. The van der Waals surface area contributed by atoms with Gasteiger partial charge in [0.2, 0.25) is 0 Å². The lowest BCUT2D eigenvalue weighted by molar-refractivity contribution is 0.394. The molecule has 0 spiro atoms. The molecule has 0 bridgehead atoms. The molecule has 0 saturated heterocycles. The molecule has 1 radical (unpaired) electrons. The molecule has 2 aliphatic rings. The van der Waals surface area contributed by atoms with Crippen molar-refractivity contribution in [2.24, 2.45) is 0 Å². The molecular weight excluding hydrogens is 476 g/mol. The first kappa shape index (κ1) is 27.1. The summed E-state index contributed by atoms with van der Waals surface area (Å²) in [5.41, 5.74) is 12.8. The number of fused-ring (bicyclic) bond motifs is 3. The Hall–Kier alpha value is -3.52. The van der Waals surface area contributed by atoms with E-state index in [2.05, 4.69) is 110 Å². The second-order valence-corrected chi connectivity index (χ2v) is 13.1. The first-order valence-corrected chi connectivity index (χ1v) is 13.9. The maximum absolute atomic E-state index is 5.64. The number of rotatable bonds is 4. The van der Waals surface area contributed by atoms with Crippen molar-refractivity contribution in [3.63, 3.8) is 0 Å². The van der Waals surface area contributed by atoms with Gasteiger partial charge in [-0.2, -0.15) is 0 Å². The number of methoxy groups -OCH3 is 2. The molecule has 2 aliphatic carbocycles. The van der Waals surface area contributed by atoms with Crippen LogP contribution in [-0.2, 0) is 10.8 Å². The molecule has 0 heterocycles. The van der Waals surface area contributed by atoms with Crippen LogP contribution in [0.1, 0.15) is 89.6 Å². The normalized spacial score (nSPS) is 14.3. The quantitative estimate of drug-likeness (QED) is 0.273. The summed E-state index contributed by atoms with van der Waals surface area (Å²) in [7, 11) is 3.42. The standard InChI is InChI=1S/C37H41O2/c1-22(2)31-21-32-29-15-14-25(36(3,4)5)16-23(29)19-33(32)34(35(31)37(6,7)8)30-13-11-12-28(30)24-17-26(38-9)20-27(18-24)39-10/h11-12,14-18,20-21H,13H2,1-10H3. The van der Waals surface area contributed by atoms with Gasteiger partial charge in [-0.05, 0) is 122 Å². The number of allylic oxidation sites excluding steroid dienone is 4. The van der Waals surface area contributed by atoms with Gasteiger partial charge >= 0.3 is 0 Å². The minimum Gasteiger partial charge on any atom is -0.497 e. The van der Waals surface area contributed by atoms with Crippen molar-refractivity contribution in [2.75, 3.05) is 14.2 Å². The van der Waals surface area contributed by atoms with Crippen LogP contribution in [0.25, 0.3) is 33.9 Å². The van der Waals surface area contributed by atoms with Crippen molar-refractivity contribution in [3.8, 4) is 22.6 Å². The van der Waals surface area contributed by atoms with Gasteiger partial charge in [0.05, 0.1) is 14.2 Å². The van der Waals surface area contributed by atoms with E-state index in [-0.39, 0.29) is 10.8 Å². The van der Waals surface area contributed by atoms with E-state index in [1.807, 2.05) is 6.07 Å². The van der Waals surface area contributed by atoms with Crippen molar-refractivity contribution < 1.29 is 9.47 Å². The van der Waals surface area contributed by atoms with E-state index in [4.69, 9.17) is 9.47 Å². The third-order valence-electron chi connectivity index (χ3n) is 7.95. The Bertz CT molecular complexity index is 1640. The van der Waals surface area contributed by atoms with E-state index in [0.29, 0.717) is 0 Å². The average Bonchev–Trinajstić information content (AvgIpc) is 3.50. The molecule has 0 atom stereocenters. The Morgan fingerprint density at radius 2 is 1.46 bits per heavy atom. The van der Waals surface area contributed by atoms with Crippen molar-refractivity contribution >= 4 is 22.8 Å². The summed E-state index contributed by atoms with van der Waals surface area (Å²) in [4.78, 5) is 0. The van der Waals surface area contributed by atoms with Crippen LogP contribution in [0.2, 0.25) is 0 Å². The summed E-state index contributed by atoms with van der Waals surface area (Å²) in [6.45, 7) is 18.3. The fourth-order valence-electron chi connectivity index (χ4n) is 5.96. The third-order valence-corrected chi connectivity index (χ3v) is 7.95. The van der Waals surface area contributed by atoms with Crippen LogP contribution in [0.5, 0.6) is 11.5 Å². The Balaban J connectivity index is 1.91. The van der Waals surface area contributed by atoms with Crippen LogP contribution in [0.4, 0.5) is 0 Å². The molecule has 0 aliphatic heterocycles. The summed E-state index contributed by atoms with van der Waals surface area (Å²) in [6.07, 6.45) is 9.33. The van der Waals surface area contributed by atoms with Crippen LogP contribution in [0.15, 0.2) is 54.6 Å². The van der Waals surface area contributed by atoms with Gasteiger partial charge in [0.15, 0.2) is 0 Å². The van der Waals surface area contributed by atoms with E-state index in [1.165, 1.54) is 60.5 Å². The minimum atomic E-state index is -0.0588. The minimum absolute atomic E-state index is 0.0588. The molecule has 2 heteroatoms. The summed E-state index contributed by atoms with van der Waals surface area (Å²) in [5, 5.41) is 2.56. The van der Waals surface area contributed by atoms with Crippen LogP contribution < -0.4 is 19.9 Å². The predicted molar refractivity (Wildman–Crippen MR) is 166 cm³/mol. The first-order valence-electron chi connectivity index (χ1n) is 13.9. The van der Waals surface area contributed by atoms with Crippen LogP contribution in [0, 0.1) is 0 Å². The first-order chi connectivity index (χ1) is 18.3. The van der Waals surface area contributed by atoms with E-state index in [9.17, 15) is 0 Å². The second kappa shape index (κ2) is 9.59. The van der Waals surface area contributed by atoms with E-state index < -0.39 is 0 Å². The highest BCUT2D eigenvalue weighted by molar-refractivity contribution is 6.02. The Labute approximate surface area is 234 Å². The number of benzene rings is 3. The second-order valence-electron chi connectivity index (χ2n) is 13.1. The van der Waals surface area contributed by atoms with Crippen LogP contribution in [0.3, 0.4) is 0 Å². The Morgan fingerprint density at radius 1 is 0.795 bits per heavy atom. The van der Waals surface area contributed by atoms with Gasteiger partial charge < -0.3 is 9.47 Å². The molecule has 2 nitrogen and oxygen atoms in total. The number of hydrogen-bond acceptors (Lipinski definition) is 2. The number of ether oxygens (including phenoxy) is 2. The summed E-state index contributed by atoms with van der Waals surface area (Å²) in [5.74, 6) is 1.59. The fourth-order valence-corrected chi connectivity index (χ4v) is 5.96. The molecular formula is C37H41O2. The Kier molecular flexibility index (Phi) is 6.66. The van der Waals surface area contributed by atoms with Gasteiger partial charge in [0, 0.05) is 6.07 Å². The maximum atomic E-state index is 5.64. The molecule has 5 rings (SSSR count). The lowest BCUT2D eigenvalue weighted by Gasteiger charge is -2.27. The van der Waals surface area contributed by atoms with Crippen molar-refractivity contribution in [3.05, 3.63) is 92.9 Å². The maximum Gasteiger partial charge on any atom is 0.123 e. The SMILES string of the molecule is COc1cc(OC)cc(C2=C(c3c(C(C)(C)C)c(=C(C)C)cc4c3=[C]c3cc(C(C)(C)C)ccc3-4)CC=C2)c1. The van der Waals surface area contributed by atoms with Gasteiger partial charge in [-0.15, -0.1) is 0 Å². The third kappa shape index (κ3) is 4.75. The highest BCUT2D eigenvalue weighted by Crippen LogP contribution is 2.42. The van der Waals surface area contributed by atoms with Gasteiger partial charge in [0.1, 0.15) is 11.5 Å². The van der Waals surface area contributed by atoms with E-state index in [0.717, 1.165) is 23.5 Å². The highest BCUT2D eigenvalue weighted by Gasteiger charge is 2.29. The zero-order valence-corrected chi connectivity index (χ0v) is 25.2. The molecule has 0 unspecified atom stereocenters. The molecule has 0 N–H and O–H groups in total. The van der Waals surface area contributed by atoms with Gasteiger partial charge in [-0.3, -0.25) is 0 Å². The van der Waals surface area contributed by atoms with Crippen LogP contribution in [-0.4, -0.2) is 14.2 Å². The van der Waals surface area contributed by atoms with Crippen LogP contribution >= 0.6 is 0 Å². The van der Waals surface area contributed by atoms with Crippen molar-refractivity contribution in [1.82, 2.24) is 0 Å². The Morgan fingerprint density at radius 3 is 2.03 bits per heavy atom. The molecule has 0 fully saturated rings. The molecule has 39 heavy (non-hydrogen) atoms. The van der Waals surface area contributed by atoms with Crippen molar-refractivity contribution in [2.45, 2.75) is 72.6 Å². The van der Waals surface area contributed by atoms with Gasteiger partial charge in [-0.25, -0.2) is 0 Å². The lowest BCUT2D eigenvalue weighted by Crippen LogP contribution is -2.31.